The molecule has 0 aliphatic carbocycles. The molecular formula is C34H54O12Si8. The summed E-state index contributed by atoms with van der Waals surface area (Å²) in [7, 11) is -15.1. The van der Waals surface area contributed by atoms with Crippen molar-refractivity contribution < 1.29 is 52.0 Å². The van der Waals surface area contributed by atoms with Gasteiger partial charge in [-0.25, -0.2) is 9.59 Å². The van der Waals surface area contributed by atoms with Crippen molar-refractivity contribution in [2.45, 2.75) is 90.1 Å². The Labute approximate surface area is 331 Å². The number of esters is 2. The molecule has 2 heterocycles. The number of benzene rings is 3. The lowest BCUT2D eigenvalue weighted by Crippen LogP contribution is -2.53. The molecule has 4 atom stereocenters. The molecule has 3 aromatic carbocycles. The second kappa shape index (κ2) is 19.9. The van der Waals surface area contributed by atoms with Crippen molar-refractivity contribution in [1.82, 2.24) is 0 Å². The summed E-state index contributed by atoms with van der Waals surface area (Å²) in [6, 6.07) is 23.0. The van der Waals surface area contributed by atoms with Gasteiger partial charge in [0.25, 0.3) is 55.7 Å². The van der Waals surface area contributed by atoms with Gasteiger partial charge in [-0.15, -0.1) is 0 Å². The van der Waals surface area contributed by atoms with Crippen molar-refractivity contribution in [2.75, 3.05) is 0 Å². The zero-order chi connectivity index (χ0) is 38.9. The predicted octanol–water partition coefficient (Wildman–Crippen LogP) is 5.40. The third-order valence-electron chi connectivity index (χ3n) is 9.01. The van der Waals surface area contributed by atoms with Crippen LogP contribution in [0.2, 0.25) is 64.5 Å². The van der Waals surface area contributed by atoms with Gasteiger partial charge >= 0.3 is 29.1 Å². The molecule has 3 aromatic rings. The lowest BCUT2D eigenvalue weighted by molar-refractivity contribution is 0.0730. The minimum atomic E-state index is -2.37. The van der Waals surface area contributed by atoms with E-state index in [0.29, 0.717) is 22.6 Å². The SMILES string of the molecule is C[SiH]1O[SiH](C)O[Si](C)(CCCc2ccc(OC(=O)c3ccc(OC(=O)c4ccc(CCC[Si]5(C)O[SiH](C)O[SiH](C)O[SiH](C)O5)cc4)cc3)cc2)O[SiH](C)O1. The van der Waals surface area contributed by atoms with Crippen LogP contribution in [-0.2, 0) is 45.8 Å². The molecule has 0 N–H and O–H groups in total. The molecule has 0 saturated carbocycles. The van der Waals surface area contributed by atoms with Crippen molar-refractivity contribution in [1.29, 1.82) is 0 Å². The fraction of sp³-hybridized carbons (Fsp3) is 0.412. The fourth-order valence-electron chi connectivity index (χ4n) is 6.70. The summed E-state index contributed by atoms with van der Waals surface area (Å²) in [6.45, 7) is 16.5. The molecule has 0 spiro atoms. The first-order valence-electron chi connectivity index (χ1n) is 18.7. The normalized spacial score (nSPS) is 29.3. The van der Waals surface area contributed by atoms with Crippen LogP contribution in [0.1, 0.15) is 44.7 Å². The van der Waals surface area contributed by atoms with Gasteiger partial charge in [0.15, 0.2) is 0 Å². The smallest absolute Gasteiger partial charge is 0.343 e. The minimum absolute atomic E-state index is 0.333. The van der Waals surface area contributed by atoms with E-state index in [-0.39, 0.29) is 0 Å². The van der Waals surface area contributed by atoms with Gasteiger partial charge in [-0.05, 0) is 150 Å². The third kappa shape index (κ3) is 13.6. The zero-order valence-corrected chi connectivity index (χ0v) is 41.5. The van der Waals surface area contributed by atoms with Crippen molar-refractivity contribution >= 4 is 84.8 Å². The highest BCUT2D eigenvalue weighted by molar-refractivity contribution is 6.82. The first kappa shape index (κ1) is 43.1. The van der Waals surface area contributed by atoms with Gasteiger partial charge in [-0.3, -0.25) is 0 Å². The van der Waals surface area contributed by atoms with Crippen LogP contribution in [0.4, 0.5) is 0 Å². The Morgan fingerprint density at radius 2 is 0.778 bits per heavy atom. The number of hydrogen-bond donors (Lipinski definition) is 0. The number of aryl methyl sites for hydroxylation is 2. The molecule has 2 fully saturated rings. The largest absolute Gasteiger partial charge is 0.423 e. The first-order valence-corrected chi connectivity index (χ1v) is 36.3. The maximum absolute atomic E-state index is 12.9. The van der Waals surface area contributed by atoms with E-state index in [2.05, 4.69) is 26.2 Å². The van der Waals surface area contributed by atoms with Crippen molar-refractivity contribution in [2.24, 2.45) is 0 Å². The van der Waals surface area contributed by atoms with Crippen LogP contribution in [-0.4, -0.2) is 84.8 Å². The first-order chi connectivity index (χ1) is 25.7. The number of hydrogen-bond acceptors (Lipinski definition) is 12. The second-order valence-corrected chi connectivity index (χ2v) is 34.5. The highest BCUT2D eigenvalue weighted by Crippen LogP contribution is 2.26. The lowest BCUT2D eigenvalue weighted by atomic mass is 10.1. The molecule has 5 rings (SSSR count). The molecule has 4 unspecified atom stereocenters. The van der Waals surface area contributed by atoms with E-state index in [1.165, 1.54) is 0 Å². The third-order valence-corrected chi connectivity index (χ3v) is 37.1. The molecule has 20 heteroatoms. The van der Waals surface area contributed by atoms with Gasteiger partial charge in [-0.2, -0.15) is 0 Å². The quantitative estimate of drug-likeness (QED) is 0.132. The Balaban J connectivity index is 1.04. The molecule has 0 amide bonds. The lowest BCUT2D eigenvalue weighted by Gasteiger charge is -2.37. The van der Waals surface area contributed by atoms with Gasteiger partial charge in [0.1, 0.15) is 11.5 Å². The van der Waals surface area contributed by atoms with Gasteiger partial charge < -0.3 is 42.4 Å². The average Bonchev–Trinajstić information content (AvgIpc) is 3.07. The van der Waals surface area contributed by atoms with E-state index in [9.17, 15) is 9.59 Å². The molecule has 0 radical (unpaired) electrons. The van der Waals surface area contributed by atoms with Crippen LogP contribution < -0.4 is 9.47 Å². The summed E-state index contributed by atoms with van der Waals surface area (Å²) in [5.74, 6) is -0.187. The molecule has 2 aliphatic heterocycles. The Kier molecular flexibility index (Phi) is 15.9. The minimum Gasteiger partial charge on any atom is -0.423 e. The topological polar surface area (TPSA) is 126 Å². The molecule has 0 bridgehead atoms. The maximum atomic E-state index is 12.9. The van der Waals surface area contributed by atoms with Crippen LogP contribution in [0.5, 0.6) is 11.5 Å². The van der Waals surface area contributed by atoms with Crippen LogP contribution in [0.25, 0.3) is 0 Å². The maximum Gasteiger partial charge on any atom is 0.343 e. The Bertz CT molecular complexity index is 1640. The summed E-state index contributed by atoms with van der Waals surface area (Å²) < 4.78 is 60.8. The van der Waals surface area contributed by atoms with Crippen molar-refractivity contribution in [3.8, 4) is 11.5 Å². The Hall–Kier alpha value is -1.98. The van der Waals surface area contributed by atoms with Crippen LogP contribution in [0, 0.1) is 0 Å². The molecule has 0 aromatic heterocycles. The summed E-state index contributed by atoms with van der Waals surface area (Å²) in [5.41, 5.74) is 3.04. The van der Waals surface area contributed by atoms with E-state index in [1.54, 1.807) is 48.5 Å². The summed E-state index contributed by atoms with van der Waals surface area (Å²) in [4.78, 5) is 25.7. The van der Waals surface area contributed by atoms with E-state index in [0.717, 1.165) is 48.9 Å². The Morgan fingerprint density at radius 1 is 0.481 bits per heavy atom. The number of carbonyl (C=O) groups is 2. The zero-order valence-electron chi connectivity index (χ0n) is 32.5. The number of ether oxygens (including phenoxy) is 2. The van der Waals surface area contributed by atoms with Gasteiger partial charge in [-0.1, -0.05) is 24.3 Å². The molecule has 2 saturated heterocycles. The average molecular weight is 879 g/mol. The highest BCUT2D eigenvalue weighted by atomic mass is 28.5. The van der Waals surface area contributed by atoms with E-state index < -0.39 is 84.8 Å². The van der Waals surface area contributed by atoms with E-state index in [1.807, 2.05) is 50.5 Å². The number of rotatable bonds is 12. The molecule has 12 nitrogen and oxygen atoms in total. The van der Waals surface area contributed by atoms with Crippen molar-refractivity contribution in [3.05, 3.63) is 95.1 Å². The standard InChI is InChI=1S/C34H54O12Si8/c1-47-39-49(3)43-53(7,44-50(4)40-47)25-9-11-27-13-17-29(18-14-27)33(35)38-32-23-19-30(20-24-32)34(36)37-31-21-15-28(16-22-31)12-10-26-54(8)45-51(5)41-48(2)42-52(6)46-54/h13-24,47-52H,9-12,25-26H2,1-8H3. The van der Waals surface area contributed by atoms with Crippen LogP contribution >= 0.6 is 0 Å². The van der Waals surface area contributed by atoms with Crippen LogP contribution in [0.15, 0.2) is 72.8 Å². The van der Waals surface area contributed by atoms with Crippen LogP contribution in [0.3, 0.4) is 0 Å². The number of carbonyl (C=O) groups excluding carboxylic acids is 2. The Morgan fingerprint density at radius 3 is 1.13 bits per heavy atom. The van der Waals surface area contributed by atoms with E-state index >= 15 is 0 Å². The molecule has 54 heavy (non-hydrogen) atoms. The van der Waals surface area contributed by atoms with Gasteiger partial charge in [0, 0.05) is 0 Å². The second-order valence-electron chi connectivity index (χ2n) is 14.0. The molecule has 294 valence electrons. The summed E-state index contributed by atoms with van der Waals surface area (Å²) in [6.07, 6.45) is 3.52. The fourth-order valence-corrected chi connectivity index (χ4v) is 36.1. The predicted molar refractivity (Wildman–Crippen MR) is 225 cm³/mol. The molecular weight excluding hydrogens is 825 g/mol. The van der Waals surface area contributed by atoms with E-state index in [4.69, 9.17) is 42.4 Å². The van der Waals surface area contributed by atoms with Crippen molar-refractivity contribution in [3.63, 3.8) is 0 Å². The van der Waals surface area contributed by atoms with Gasteiger partial charge in [0.05, 0.1) is 11.1 Å². The summed E-state index contributed by atoms with van der Waals surface area (Å²) in [5, 5.41) is 0. The monoisotopic (exact) mass is 878 g/mol. The highest BCUT2D eigenvalue weighted by Gasteiger charge is 2.40. The molecule has 2 aliphatic rings. The van der Waals surface area contributed by atoms with Gasteiger partial charge in [0.2, 0.25) is 0 Å². The summed E-state index contributed by atoms with van der Waals surface area (Å²) >= 11 is 0.